The van der Waals surface area contributed by atoms with Crippen LogP contribution in [-0.4, -0.2) is 55.7 Å². The Hall–Kier alpha value is -2.75. The Kier molecular flexibility index (Phi) is 7.47. The van der Waals surface area contributed by atoms with Crippen LogP contribution in [0.15, 0.2) is 24.3 Å². The second kappa shape index (κ2) is 9.81. The van der Waals surface area contributed by atoms with Gasteiger partial charge < -0.3 is 19.9 Å². The number of amides is 2. The molecule has 146 valence electrons. The van der Waals surface area contributed by atoms with Crippen LogP contribution in [0.5, 0.6) is 0 Å². The number of para-hydroxylation sites is 1. The molecule has 1 aromatic carbocycles. The first kappa shape index (κ1) is 20.6. The Labute approximate surface area is 160 Å². The van der Waals surface area contributed by atoms with Crippen LogP contribution in [0, 0.1) is 17.2 Å². The topological polar surface area (TPSA) is 85.7 Å². The predicted molar refractivity (Wildman–Crippen MR) is 103 cm³/mol. The van der Waals surface area contributed by atoms with Gasteiger partial charge in [0, 0.05) is 26.2 Å². The molecule has 1 aliphatic rings. The van der Waals surface area contributed by atoms with E-state index in [-0.39, 0.29) is 18.4 Å². The fourth-order valence-electron chi connectivity index (χ4n) is 3.23. The van der Waals surface area contributed by atoms with Crippen molar-refractivity contribution in [3.63, 3.8) is 0 Å². The molecular weight excluding hydrogens is 344 g/mol. The molecule has 0 bridgehead atoms. The van der Waals surface area contributed by atoms with Crippen molar-refractivity contribution in [2.24, 2.45) is 5.92 Å². The van der Waals surface area contributed by atoms with Crippen LogP contribution in [-0.2, 0) is 9.53 Å². The van der Waals surface area contributed by atoms with E-state index in [0.29, 0.717) is 25.2 Å². The van der Waals surface area contributed by atoms with Gasteiger partial charge >= 0.3 is 6.09 Å². The lowest BCUT2D eigenvalue weighted by atomic mass is 10.0. The number of nitrogens with zero attached hydrogens (tertiary/aromatic N) is 3. The maximum Gasteiger partial charge on any atom is 0.407 e. The first-order valence-corrected chi connectivity index (χ1v) is 9.44. The third-order valence-electron chi connectivity index (χ3n) is 4.65. The normalized spacial score (nSPS) is 15.7. The van der Waals surface area contributed by atoms with E-state index in [1.807, 2.05) is 32.0 Å². The largest absolute Gasteiger partial charge is 0.450 e. The molecule has 0 spiro atoms. The van der Waals surface area contributed by atoms with Gasteiger partial charge in [-0.15, -0.1) is 0 Å². The van der Waals surface area contributed by atoms with Crippen LogP contribution in [0.1, 0.15) is 32.8 Å². The smallest absolute Gasteiger partial charge is 0.407 e. The average Bonchev–Trinajstić information content (AvgIpc) is 2.91. The van der Waals surface area contributed by atoms with Crippen LogP contribution < -0.4 is 10.2 Å². The van der Waals surface area contributed by atoms with Gasteiger partial charge in [0.25, 0.3) is 0 Å². The van der Waals surface area contributed by atoms with Crippen molar-refractivity contribution in [2.45, 2.75) is 33.2 Å². The quantitative estimate of drug-likeness (QED) is 0.858. The lowest BCUT2D eigenvalue weighted by Gasteiger charge is -2.29. The fourth-order valence-corrected chi connectivity index (χ4v) is 3.23. The molecule has 1 N–H and O–H groups in total. The highest BCUT2D eigenvalue weighted by molar-refractivity contribution is 5.86. The fraction of sp³-hybridized carbons (Fsp3) is 0.550. The van der Waals surface area contributed by atoms with Crippen LogP contribution in [0.2, 0.25) is 0 Å². The van der Waals surface area contributed by atoms with E-state index in [1.54, 1.807) is 17.9 Å². The average molecular weight is 372 g/mol. The van der Waals surface area contributed by atoms with Crippen LogP contribution in [0.25, 0.3) is 0 Å². The summed E-state index contributed by atoms with van der Waals surface area (Å²) in [5, 5.41) is 12.0. The Morgan fingerprint density at radius 3 is 2.63 bits per heavy atom. The van der Waals surface area contributed by atoms with E-state index in [1.165, 1.54) is 0 Å². The molecule has 0 radical (unpaired) electrons. The molecule has 2 amide bonds. The van der Waals surface area contributed by atoms with Crippen molar-refractivity contribution in [3.8, 4) is 6.07 Å². The molecule has 1 saturated heterocycles. The number of rotatable bonds is 5. The molecule has 0 aliphatic carbocycles. The summed E-state index contributed by atoms with van der Waals surface area (Å²) in [5.41, 5.74) is 1.54. The van der Waals surface area contributed by atoms with Gasteiger partial charge in [-0.3, -0.25) is 4.79 Å². The van der Waals surface area contributed by atoms with Crippen molar-refractivity contribution < 1.29 is 14.3 Å². The van der Waals surface area contributed by atoms with E-state index in [2.05, 4.69) is 16.3 Å². The zero-order valence-corrected chi connectivity index (χ0v) is 16.3. The summed E-state index contributed by atoms with van der Waals surface area (Å²) < 4.78 is 4.93. The molecule has 27 heavy (non-hydrogen) atoms. The van der Waals surface area contributed by atoms with Gasteiger partial charge in [0.05, 0.1) is 17.9 Å². The van der Waals surface area contributed by atoms with E-state index in [0.717, 1.165) is 18.7 Å². The number of hydrogen-bond acceptors (Lipinski definition) is 5. The minimum absolute atomic E-state index is 0.0411. The van der Waals surface area contributed by atoms with E-state index in [9.17, 15) is 14.9 Å². The zero-order chi connectivity index (χ0) is 19.8. The SMILES string of the molecule is CCOC(=O)N[C@H](C(=O)N1CCCN(c2ccccc2C#N)CC1)C(C)C. The molecule has 1 fully saturated rings. The number of ether oxygens (including phenoxy) is 1. The molecular formula is C20H28N4O3. The number of nitriles is 1. The van der Waals surface area contributed by atoms with E-state index < -0.39 is 12.1 Å². The molecule has 1 heterocycles. The molecule has 7 nitrogen and oxygen atoms in total. The number of carbonyl (C=O) groups excluding carboxylic acids is 2. The molecule has 0 unspecified atom stereocenters. The predicted octanol–water partition coefficient (Wildman–Crippen LogP) is 2.37. The number of hydrogen-bond donors (Lipinski definition) is 1. The molecule has 2 rings (SSSR count). The standard InChI is InChI=1S/C20H28N4O3/c1-4-27-20(26)22-18(15(2)3)19(25)24-11-7-10-23(12-13-24)17-9-6-5-8-16(17)14-21/h5-6,8-9,15,18H,4,7,10-13H2,1-3H3,(H,22,26)/t18-/m0/s1. The zero-order valence-electron chi connectivity index (χ0n) is 16.3. The molecule has 7 heteroatoms. The summed E-state index contributed by atoms with van der Waals surface area (Å²) in [6.45, 7) is 8.40. The van der Waals surface area contributed by atoms with Gasteiger partial charge in [0.15, 0.2) is 0 Å². The third kappa shape index (κ3) is 5.36. The first-order chi connectivity index (χ1) is 13.0. The van der Waals surface area contributed by atoms with Crippen molar-refractivity contribution in [1.29, 1.82) is 5.26 Å². The lowest BCUT2D eigenvalue weighted by molar-refractivity contribution is -0.134. The Morgan fingerprint density at radius 1 is 1.22 bits per heavy atom. The van der Waals surface area contributed by atoms with Crippen LogP contribution in [0.4, 0.5) is 10.5 Å². The summed E-state index contributed by atoms with van der Waals surface area (Å²) >= 11 is 0. The van der Waals surface area contributed by atoms with E-state index >= 15 is 0 Å². The number of benzene rings is 1. The summed E-state index contributed by atoms with van der Waals surface area (Å²) in [4.78, 5) is 28.7. The maximum atomic E-state index is 13.0. The second-order valence-electron chi connectivity index (χ2n) is 6.88. The Morgan fingerprint density at radius 2 is 1.96 bits per heavy atom. The van der Waals surface area contributed by atoms with Crippen LogP contribution >= 0.6 is 0 Å². The molecule has 1 atom stereocenters. The second-order valence-corrected chi connectivity index (χ2v) is 6.88. The van der Waals surface area contributed by atoms with Gasteiger partial charge in [-0.05, 0) is 31.4 Å². The Balaban J connectivity index is 2.06. The first-order valence-electron chi connectivity index (χ1n) is 9.44. The van der Waals surface area contributed by atoms with Crippen molar-refractivity contribution in [3.05, 3.63) is 29.8 Å². The van der Waals surface area contributed by atoms with Gasteiger partial charge in [-0.25, -0.2) is 4.79 Å². The highest BCUT2D eigenvalue weighted by atomic mass is 16.5. The van der Waals surface area contributed by atoms with Gasteiger partial charge in [0.1, 0.15) is 12.1 Å². The minimum atomic E-state index is -0.609. The summed E-state index contributed by atoms with van der Waals surface area (Å²) in [7, 11) is 0. The Bertz CT molecular complexity index is 699. The molecule has 0 saturated carbocycles. The van der Waals surface area contributed by atoms with Crippen molar-refractivity contribution in [1.82, 2.24) is 10.2 Å². The minimum Gasteiger partial charge on any atom is -0.450 e. The van der Waals surface area contributed by atoms with Gasteiger partial charge in [-0.1, -0.05) is 26.0 Å². The summed E-state index contributed by atoms with van der Waals surface area (Å²) in [6, 6.07) is 9.14. The van der Waals surface area contributed by atoms with E-state index in [4.69, 9.17) is 4.74 Å². The number of anilines is 1. The van der Waals surface area contributed by atoms with Crippen molar-refractivity contribution in [2.75, 3.05) is 37.7 Å². The molecule has 1 aromatic rings. The summed E-state index contributed by atoms with van der Waals surface area (Å²) in [5.74, 6) is -0.131. The molecule has 1 aliphatic heterocycles. The third-order valence-corrected chi connectivity index (χ3v) is 4.65. The highest BCUT2D eigenvalue weighted by Gasteiger charge is 2.30. The summed E-state index contributed by atoms with van der Waals surface area (Å²) in [6.07, 6.45) is 0.236. The van der Waals surface area contributed by atoms with Gasteiger partial charge in [-0.2, -0.15) is 5.26 Å². The van der Waals surface area contributed by atoms with Crippen LogP contribution in [0.3, 0.4) is 0 Å². The molecule has 0 aromatic heterocycles. The number of carbonyl (C=O) groups is 2. The van der Waals surface area contributed by atoms with Gasteiger partial charge in [0.2, 0.25) is 5.91 Å². The number of nitrogens with one attached hydrogen (secondary N) is 1. The monoisotopic (exact) mass is 372 g/mol. The highest BCUT2D eigenvalue weighted by Crippen LogP contribution is 2.21. The maximum absolute atomic E-state index is 13.0. The van der Waals surface area contributed by atoms with Crippen molar-refractivity contribution >= 4 is 17.7 Å². The lowest BCUT2D eigenvalue weighted by Crippen LogP contribution is -2.52. The number of alkyl carbamates (subject to hydrolysis) is 1.